The minimum atomic E-state index is -4.58. The van der Waals surface area contributed by atoms with Gasteiger partial charge >= 0.3 is 6.18 Å². The van der Waals surface area contributed by atoms with Crippen LogP contribution in [0.2, 0.25) is 0 Å². The third-order valence-electron chi connectivity index (χ3n) is 4.59. The van der Waals surface area contributed by atoms with Gasteiger partial charge in [0.2, 0.25) is 0 Å². The molecule has 1 aromatic heterocycles. The molecule has 1 amide bonds. The average Bonchev–Trinajstić information content (AvgIpc) is 3.02. The highest BCUT2D eigenvalue weighted by Gasteiger charge is 2.32. The molecule has 0 aliphatic heterocycles. The van der Waals surface area contributed by atoms with E-state index >= 15 is 0 Å². The molecule has 31 heavy (non-hydrogen) atoms. The van der Waals surface area contributed by atoms with Crippen molar-refractivity contribution in [1.29, 1.82) is 0 Å². The normalized spacial score (nSPS) is 13.5. The van der Waals surface area contributed by atoms with Crippen LogP contribution >= 0.6 is 11.5 Å². The zero-order valence-corrected chi connectivity index (χ0v) is 19.4. The largest absolute Gasteiger partial charge is 0.496 e. The summed E-state index contributed by atoms with van der Waals surface area (Å²) in [4.78, 5) is 17.0. The Labute approximate surface area is 184 Å². The van der Waals surface area contributed by atoms with E-state index in [1.807, 2.05) is 30.9 Å². The molecular formula is C22H29F3N2O3S. The van der Waals surface area contributed by atoms with Gasteiger partial charge in [-0.2, -0.15) is 18.2 Å². The SMILES string of the molecule is COc1ccc(C(F)(F)F)cc1C(=O)N=c1sn(C(C)(C)C)cc1CCCC(C)(C)O. The first-order chi connectivity index (χ1) is 14.1. The number of alkyl halides is 3. The van der Waals surface area contributed by atoms with Gasteiger partial charge in [0.25, 0.3) is 5.91 Å². The van der Waals surface area contributed by atoms with Gasteiger partial charge in [-0.05, 0) is 83.6 Å². The maximum absolute atomic E-state index is 13.1. The summed E-state index contributed by atoms with van der Waals surface area (Å²) >= 11 is 1.27. The number of aryl methyl sites for hydroxylation is 1. The van der Waals surface area contributed by atoms with Crippen LogP contribution in [-0.4, -0.2) is 27.7 Å². The van der Waals surface area contributed by atoms with Gasteiger partial charge < -0.3 is 9.84 Å². The van der Waals surface area contributed by atoms with Crippen LogP contribution < -0.4 is 9.41 Å². The number of aliphatic hydroxyl groups is 1. The first-order valence-corrected chi connectivity index (χ1v) is 10.7. The molecule has 1 aromatic carbocycles. The number of aromatic nitrogens is 1. The summed E-state index contributed by atoms with van der Waals surface area (Å²) in [6, 6.07) is 2.76. The molecule has 172 valence electrons. The summed E-state index contributed by atoms with van der Waals surface area (Å²) in [6.07, 6.45) is -0.858. The highest BCUT2D eigenvalue weighted by atomic mass is 32.1. The van der Waals surface area contributed by atoms with Crippen molar-refractivity contribution < 1.29 is 27.8 Å². The van der Waals surface area contributed by atoms with E-state index in [-0.39, 0.29) is 16.9 Å². The average molecular weight is 459 g/mol. The van der Waals surface area contributed by atoms with Crippen molar-refractivity contribution in [3.63, 3.8) is 0 Å². The highest BCUT2D eigenvalue weighted by molar-refractivity contribution is 7.04. The van der Waals surface area contributed by atoms with Crippen LogP contribution in [0.4, 0.5) is 13.2 Å². The molecule has 0 radical (unpaired) electrons. The Kier molecular flexibility index (Phi) is 7.43. The Morgan fingerprint density at radius 1 is 1.19 bits per heavy atom. The summed E-state index contributed by atoms with van der Waals surface area (Å²) in [7, 11) is 1.29. The van der Waals surface area contributed by atoms with Gasteiger partial charge in [-0.1, -0.05) is 0 Å². The number of carbonyl (C=O) groups is 1. The third kappa shape index (κ3) is 6.93. The van der Waals surface area contributed by atoms with E-state index in [4.69, 9.17) is 4.74 Å². The number of hydrogen-bond donors (Lipinski definition) is 1. The lowest BCUT2D eigenvalue weighted by Crippen LogP contribution is -2.19. The van der Waals surface area contributed by atoms with E-state index in [1.54, 1.807) is 13.8 Å². The number of carbonyl (C=O) groups excluding carboxylic acids is 1. The van der Waals surface area contributed by atoms with Crippen molar-refractivity contribution in [2.45, 2.75) is 71.2 Å². The number of methoxy groups -OCH3 is 1. The van der Waals surface area contributed by atoms with E-state index in [2.05, 4.69) is 4.99 Å². The Morgan fingerprint density at radius 2 is 1.84 bits per heavy atom. The zero-order chi connectivity index (χ0) is 23.6. The van der Waals surface area contributed by atoms with Gasteiger partial charge in [0, 0.05) is 17.3 Å². The van der Waals surface area contributed by atoms with Crippen molar-refractivity contribution in [1.82, 2.24) is 3.96 Å². The van der Waals surface area contributed by atoms with Gasteiger partial charge in [-0.3, -0.25) is 8.75 Å². The Balaban J connectivity index is 2.50. The van der Waals surface area contributed by atoms with Gasteiger partial charge in [0.15, 0.2) is 0 Å². The number of amides is 1. The second-order valence-electron chi connectivity index (χ2n) is 9.04. The van der Waals surface area contributed by atoms with Crippen LogP contribution in [-0.2, 0) is 18.1 Å². The molecule has 0 bridgehead atoms. The van der Waals surface area contributed by atoms with Crippen LogP contribution in [0.15, 0.2) is 29.4 Å². The summed E-state index contributed by atoms with van der Waals surface area (Å²) in [6.45, 7) is 9.47. The maximum Gasteiger partial charge on any atom is 0.416 e. The molecule has 0 aliphatic carbocycles. The smallest absolute Gasteiger partial charge is 0.416 e. The third-order valence-corrected chi connectivity index (χ3v) is 5.97. The van der Waals surface area contributed by atoms with E-state index in [1.165, 1.54) is 18.6 Å². The molecule has 0 fully saturated rings. The molecule has 0 saturated heterocycles. The fourth-order valence-electron chi connectivity index (χ4n) is 2.88. The number of halogens is 3. The predicted molar refractivity (Wildman–Crippen MR) is 114 cm³/mol. The van der Waals surface area contributed by atoms with E-state index in [0.29, 0.717) is 23.9 Å². The van der Waals surface area contributed by atoms with Crippen molar-refractivity contribution in [2.24, 2.45) is 4.99 Å². The summed E-state index contributed by atoms with van der Waals surface area (Å²) in [5, 5.41) is 9.96. The summed E-state index contributed by atoms with van der Waals surface area (Å²) in [5.41, 5.74) is -1.43. The van der Waals surface area contributed by atoms with Crippen LogP contribution in [0.3, 0.4) is 0 Å². The first kappa shape index (κ1) is 25.1. The maximum atomic E-state index is 13.1. The standard InChI is InChI=1S/C22H29F3N2O3S/c1-20(2,3)27-13-14(8-7-11-21(4,5)29)19(31-27)26-18(28)16-12-15(22(23,24)25)9-10-17(16)30-6/h9-10,12-13,29H,7-8,11H2,1-6H3. The number of nitrogens with zero attached hydrogens (tertiary/aromatic N) is 2. The zero-order valence-electron chi connectivity index (χ0n) is 18.6. The van der Waals surface area contributed by atoms with Crippen molar-refractivity contribution >= 4 is 17.4 Å². The summed E-state index contributed by atoms with van der Waals surface area (Å²) in [5.74, 6) is -0.764. The van der Waals surface area contributed by atoms with E-state index in [0.717, 1.165) is 23.8 Å². The monoisotopic (exact) mass is 458 g/mol. The van der Waals surface area contributed by atoms with Gasteiger partial charge in [0.1, 0.15) is 10.4 Å². The lowest BCUT2D eigenvalue weighted by atomic mass is 10.00. The lowest BCUT2D eigenvalue weighted by molar-refractivity contribution is -0.137. The Morgan fingerprint density at radius 3 is 2.35 bits per heavy atom. The molecule has 1 N–H and O–H groups in total. The molecule has 0 spiro atoms. The second-order valence-corrected chi connectivity index (χ2v) is 10.0. The van der Waals surface area contributed by atoms with E-state index in [9.17, 15) is 23.1 Å². The number of rotatable bonds is 6. The molecular weight excluding hydrogens is 429 g/mol. The van der Waals surface area contributed by atoms with Crippen LogP contribution in [0.25, 0.3) is 0 Å². The lowest BCUT2D eigenvalue weighted by Gasteiger charge is -2.19. The van der Waals surface area contributed by atoms with Crippen molar-refractivity contribution in [3.05, 3.63) is 45.8 Å². The fraction of sp³-hybridized carbons (Fsp3) is 0.545. The molecule has 0 aliphatic rings. The molecule has 5 nitrogen and oxygen atoms in total. The Bertz CT molecular complexity index is 993. The molecule has 2 rings (SSSR count). The number of ether oxygens (including phenoxy) is 1. The van der Waals surface area contributed by atoms with Crippen molar-refractivity contribution in [3.8, 4) is 5.75 Å². The fourth-order valence-corrected chi connectivity index (χ4v) is 3.92. The van der Waals surface area contributed by atoms with Crippen LogP contribution in [0.5, 0.6) is 5.75 Å². The second kappa shape index (κ2) is 9.16. The molecule has 0 atom stereocenters. The minimum Gasteiger partial charge on any atom is -0.496 e. The molecule has 0 saturated carbocycles. The molecule has 1 heterocycles. The van der Waals surface area contributed by atoms with Gasteiger partial charge in [-0.15, -0.1) is 0 Å². The highest BCUT2D eigenvalue weighted by Crippen LogP contribution is 2.33. The summed E-state index contributed by atoms with van der Waals surface area (Å²) < 4.78 is 46.9. The van der Waals surface area contributed by atoms with Crippen molar-refractivity contribution in [2.75, 3.05) is 7.11 Å². The topological polar surface area (TPSA) is 63.8 Å². The first-order valence-electron chi connectivity index (χ1n) is 9.91. The quantitative estimate of drug-likeness (QED) is 0.650. The van der Waals surface area contributed by atoms with Crippen LogP contribution in [0, 0.1) is 0 Å². The predicted octanol–water partition coefficient (Wildman–Crippen LogP) is 5.17. The van der Waals surface area contributed by atoms with Crippen LogP contribution in [0.1, 0.15) is 68.9 Å². The number of hydrogen-bond acceptors (Lipinski definition) is 4. The molecule has 2 aromatic rings. The molecule has 0 unspecified atom stereocenters. The minimum absolute atomic E-state index is 0.0329. The Hall–Kier alpha value is -2.13. The molecule has 9 heteroatoms. The van der Waals surface area contributed by atoms with Gasteiger partial charge in [-0.25, -0.2) is 0 Å². The van der Waals surface area contributed by atoms with Gasteiger partial charge in [0.05, 0.1) is 23.8 Å². The number of benzene rings is 1. The van der Waals surface area contributed by atoms with E-state index < -0.39 is 23.2 Å².